The highest BCUT2D eigenvalue weighted by molar-refractivity contribution is 6.35. The molecule has 2 rings (SSSR count). The molecule has 4 nitrogen and oxygen atoms in total. The number of benzene rings is 1. The highest BCUT2D eigenvalue weighted by atomic mass is 35.5. The largest absolute Gasteiger partial charge is 0.340 e. The third-order valence-electron chi connectivity index (χ3n) is 2.66. The first-order valence-electron chi connectivity index (χ1n) is 6.56. The van der Waals surface area contributed by atoms with Crippen molar-refractivity contribution in [2.45, 2.75) is 19.8 Å². The Kier molecular flexibility index (Phi) is 5.42. The van der Waals surface area contributed by atoms with Gasteiger partial charge in [0.25, 0.3) is 0 Å². The van der Waals surface area contributed by atoms with E-state index >= 15 is 0 Å². The molecule has 6 heteroatoms. The van der Waals surface area contributed by atoms with Crippen molar-refractivity contribution in [2.24, 2.45) is 0 Å². The van der Waals surface area contributed by atoms with Gasteiger partial charge in [-0.2, -0.15) is 0 Å². The molecule has 1 heterocycles. The minimum Gasteiger partial charge on any atom is -0.340 e. The highest BCUT2D eigenvalue weighted by Gasteiger charge is 2.03. The second-order valence-corrected chi connectivity index (χ2v) is 5.39. The molecule has 0 radical (unpaired) electrons. The SMILES string of the molecule is CCCC(=O)Nc1ccc(Nc2cc(Cl)cc(Cl)c2)nc1. The van der Waals surface area contributed by atoms with E-state index in [4.69, 9.17) is 23.2 Å². The van der Waals surface area contributed by atoms with Crippen LogP contribution in [0.5, 0.6) is 0 Å². The van der Waals surface area contributed by atoms with Crippen LogP contribution in [0.25, 0.3) is 0 Å². The summed E-state index contributed by atoms with van der Waals surface area (Å²) in [6.07, 6.45) is 2.91. The number of nitrogens with zero attached hydrogens (tertiary/aromatic N) is 1. The smallest absolute Gasteiger partial charge is 0.224 e. The highest BCUT2D eigenvalue weighted by Crippen LogP contribution is 2.24. The summed E-state index contributed by atoms with van der Waals surface area (Å²) < 4.78 is 0. The molecule has 0 atom stereocenters. The van der Waals surface area contributed by atoms with Crippen molar-refractivity contribution >= 4 is 46.3 Å². The van der Waals surface area contributed by atoms with Crippen LogP contribution >= 0.6 is 23.2 Å². The summed E-state index contributed by atoms with van der Waals surface area (Å²) in [5, 5.41) is 6.98. The first kappa shape index (κ1) is 15.6. The lowest BCUT2D eigenvalue weighted by Gasteiger charge is -2.08. The summed E-state index contributed by atoms with van der Waals surface area (Å²) in [6.45, 7) is 1.96. The van der Waals surface area contributed by atoms with Gasteiger partial charge in [-0.05, 0) is 36.8 Å². The van der Waals surface area contributed by atoms with Crippen molar-refractivity contribution in [2.75, 3.05) is 10.6 Å². The predicted octanol–water partition coefficient (Wildman–Crippen LogP) is 4.87. The lowest BCUT2D eigenvalue weighted by Crippen LogP contribution is -2.10. The summed E-state index contributed by atoms with van der Waals surface area (Å²) >= 11 is 11.9. The zero-order chi connectivity index (χ0) is 15.2. The Balaban J connectivity index is 2.03. The second kappa shape index (κ2) is 7.29. The standard InChI is InChI=1S/C15H15Cl2N3O/c1-2-3-15(21)20-12-4-5-14(18-9-12)19-13-7-10(16)6-11(17)8-13/h4-9H,2-3H2,1H3,(H,18,19)(H,20,21). The normalized spacial score (nSPS) is 10.2. The van der Waals surface area contributed by atoms with Gasteiger partial charge in [-0.15, -0.1) is 0 Å². The number of pyridine rings is 1. The molecule has 0 fully saturated rings. The molecular weight excluding hydrogens is 309 g/mol. The van der Waals surface area contributed by atoms with Gasteiger partial charge in [0.2, 0.25) is 5.91 Å². The van der Waals surface area contributed by atoms with Gasteiger partial charge in [0, 0.05) is 22.2 Å². The van der Waals surface area contributed by atoms with Crippen LogP contribution in [0.15, 0.2) is 36.5 Å². The van der Waals surface area contributed by atoms with Crippen LogP contribution < -0.4 is 10.6 Å². The van der Waals surface area contributed by atoms with Gasteiger partial charge in [0.1, 0.15) is 5.82 Å². The van der Waals surface area contributed by atoms with Crippen molar-refractivity contribution in [3.8, 4) is 0 Å². The number of hydrogen-bond donors (Lipinski definition) is 2. The second-order valence-electron chi connectivity index (χ2n) is 4.51. The predicted molar refractivity (Wildman–Crippen MR) is 87.5 cm³/mol. The molecule has 2 N–H and O–H groups in total. The molecule has 1 aromatic carbocycles. The maximum Gasteiger partial charge on any atom is 0.224 e. The fourth-order valence-electron chi connectivity index (χ4n) is 1.77. The zero-order valence-electron chi connectivity index (χ0n) is 11.5. The lowest BCUT2D eigenvalue weighted by molar-refractivity contribution is -0.116. The van der Waals surface area contributed by atoms with Crippen molar-refractivity contribution in [1.29, 1.82) is 0 Å². The molecule has 110 valence electrons. The number of aromatic nitrogens is 1. The third kappa shape index (κ3) is 4.92. The van der Waals surface area contributed by atoms with Crippen LogP contribution in [0.1, 0.15) is 19.8 Å². The topological polar surface area (TPSA) is 54.0 Å². The van der Waals surface area contributed by atoms with E-state index in [2.05, 4.69) is 15.6 Å². The Bertz CT molecular complexity index is 609. The fraction of sp³-hybridized carbons (Fsp3) is 0.200. The van der Waals surface area contributed by atoms with E-state index in [0.717, 1.165) is 12.1 Å². The summed E-state index contributed by atoms with van der Waals surface area (Å²) in [4.78, 5) is 15.7. The molecule has 0 aliphatic rings. The van der Waals surface area contributed by atoms with Crippen molar-refractivity contribution in [3.63, 3.8) is 0 Å². The minimum atomic E-state index is -0.0124. The Hall–Kier alpha value is -1.78. The average Bonchev–Trinajstić information content (AvgIpc) is 2.40. The van der Waals surface area contributed by atoms with Gasteiger partial charge in [0.05, 0.1) is 11.9 Å². The number of rotatable bonds is 5. The first-order valence-corrected chi connectivity index (χ1v) is 7.31. The third-order valence-corrected chi connectivity index (χ3v) is 3.10. The first-order chi connectivity index (χ1) is 10.1. The van der Waals surface area contributed by atoms with Gasteiger partial charge < -0.3 is 10.6 Å². The number of anilines is 3. The number of nitrogens with one attached hydrogen (secondary N) is 2. The average molecular weight is 324 g/mol. The van der Waals surface area contributed by atoms with Crippen LogP contribution in [0.4, 0.5) is 17.2 Å². The molecule has 1 amide bonds. The molecule has 0 bridgehead atoms. The lowest BCUT2D eigenvalue weighted by atomic mass is 10.3. The minimum absolute atomic E-state index is 0.0124. The van der Waals surface area contributed by atoms with Crippen LogP contribution in [0.3, 0.4) is 0 Å². The van der Waals surface area contributed by atoms with Crippen LogP contribution in [0.2, 0.25) is 10.0 Å². The summed E-state index contributed by atoms with van der Waals surface area (Å²) in [5.74, 6) is 0.628. The molecule has 0 unspecified atom stereocenters. The molecule has 21 heavy (non-hydrogen) atoms. The fourth-order valence-corrected chi connectivity index (χ4v) is 2.29. The maximum absolute atomic E-state index is 11.5. The van der Waals surface area contributed by atoms with E-state index in [1.54, 1.807) is 36.5 Å². The summed E-state index contributed by atoms with van der Waals surface area (Å²) in [6, 6.07) is 8.73. The van der Waals surface area contributed by atoms with Gasteiger partial charge >= 0.3 is 0 Å². The molecular formula is C15H15Cl2N3O. The number of halogens is 2. The number of carbonyl (C=O) groups excluding carboxylic acids is 1. The Labute approximate surface area is 133 Å². The van der Waals surface area contributed by atoms with Crippen LogP contribution in [0, 0.1) is 0 Å². The van der Waals surface area contributed by atoms with Crippen molar-refractivity contribution < 1.29 is 4.79 Å². The Morgan fingerprint density at radius 1 is 1.14 bits per heavy atom. The van der Waals surface area contributed by atoms with Crippen molar-refractivity contribution in [3.05, 3.63) is 46.6 Å². The van der Waals surface area contributed by atoms with E-state index in [9.17, 15) is 4.79 Å². The van der Waals surface area contributed by atoms with Gasteiger partial charge in [-0.25, -0.2) is 4.98 Å². The quantitative estimate of drug-likeness (QED) is 0.825. The van der Waals surface area contributed by atoms with Crippen LogP contribution in [-0.4, -0.2) is 10.9 Å². The number of hydrogen-bond acceptors (Lipinski definition) is 3. The van der Waals surface area contributed by atoms with E-state index < -0.39 is 0 Å². The van der Waals surface area contributed by atoms with Gasteiger partial charge in [-0.1, -0.05) is 30.1 Å². The van der Waals surface area contributed by atoms with Gasteiger partial charge in [0.15, 0.2) is 0 Å². The zero-order valence-corrected chi connectivity index (χ0v) is 13.0. The molecule has 0 aliphatic heterocycles. The molecule has 2 aromatic rings. The van der Waals surface area contributed by atoms with Crippen LogP contribution in [-0.2, 0) is 4.79 Å². The molecule has 0 spiro atoms. The molecule has 0 saturated heterocycles. The van der Waals surface area contributed by atoms with Gasteiger partial charge in [-0.3, -0.25) is 4.79 Å². The van der Waals surface area contributed by atoms with Crippen molar-refractivity contribution in [1.82, 2.24) is 4.98 Å². The van der Waals surface area contributed by atoms with E-state index in [1.165, 1.54) is 0 Å². The summed E-state index contributed by atoms with van der Waals surface area (Å²) in [5.41, 5.74) is 1.42. The number of carbonyl (C=O) groups is 1. The molecule has 0 aliphatic carbocycles. The summed E-state index contributed by atoms with van der Waals surface area (Å²) in [7, 11) is 0. The molecule has 1 aromatic heterocycles. The molecule has 0 saturated carbocycles. The van der Waals surface area contributed by atoms with E-state index in [0.29, 0.717) is 28.0 Å². The Morgan fingerprint density at radius 2 is 1.86 bits per heavy atom. The maximum atomic E-state index is 11.5. The van der Waals surface area contributed by atoms with E-state index in [1.807, 2.05) is 6.92 Å². The number of amides is 1. The van der Waals surface area contributed by atoms with E-state index in [-0.39, 0.29) is 5.91 Å². The monoisotopic (exact) mass is 323 g/mol. The Morgan fingerprint density at radius 3 is 2.43 bits per heavy atom.